The molecule has 8 heteroatoms. The van der Waals surface area contributed by atoms with Gasteiger partial charge in [-0.15, -0.1) is 0 Å². The Bertz CT molecular complexity index is 777. The number of carbonyl (C=O) groups is 1. The van der Waals surface area contributed by atoms with Crippen molar-refractivity contribution in [3.8, 4) is 11.5 Å². The summed E-state index contributed by atoms with van der Waals surface area (Å²) >= 11 is 0. The lowest BCUT2D eigenvalue weighted by Crippen LogP contribution is -2.30. The molecule has 0 spiro atoms. The molecule has 1 saturated heterocycles. The number of rotatable bonds is 3. The predicted molar refractivity (Wildman–Crippen MR) is 93.3 cm³/mol. The van der Waals surface area contributed by atoms with Crippen LogP contribution in [0.25, 0.3) is 0 Å². The topological polar surface area (TPSA) is 88.6 Å². The average Bonchev–Trinajstić information content (AvgIpc) is 3.10. The van der Waals surface area contributed by atoms with E-state index in [-0.39, 0.29) is 12.8 Å². The summed E-state index contributed by atoms with van der Waals surface area (Å²) in [5, 5.41) is 5.50. The molecule has 0 saturated carbocycles. The van der Waals surface area contributed by atoms with Crippen LogP contribution >= 0.6 is 0 Å². The summed E-state index contributed by atoms with van der Waals surface area (Å²) in [7, 11) is 0. The van der Waals surface area contributed by atoms with Gasteiger partial charge in [-0.2, -0.15) is 0 Å². The Hall–Kier alpha value is -3.03. The molecule has 2 aromatic rings. The Kier molecular flexibility index (Phi) is 4.24. The van der Waals surface area contributed by atoms with E-state index in [1.54, 1.807) is 24.3 Å². The van der Waals surface area contributed by atoms with Crippen LogP contribution in [0.1, 0.15) is 19.3 Å². The first kappa shape index (κ1) is 15.5. The summed E-state index contributed by atoms with van der Waals surface area (Å²) in [5.74, 6) is 2.60. The van der Waals surface area contributed by atoms with Gasteiger partial charge in [0.1, 0.15) is 18.0 Å². The fourth-order valence-corrected chi connectivity index (χ4v) is 2.96. The second kappa shape index (κ2) is 6.84. The Balaban J connectivity index is 1.40. The molecule has 8 nitrogen and oxygen atoms in total. The summed E-state index contributed by atoms with van der Waals surface area (Å²) < 4.78 is 10.6. The molecular weight excluding hydrogens is 322 g/mol. The molecule has 3 heterocycles. The van der Waals surface area contributed by atoms with Crippen LogP contribution < -0.4 is 25.0 Å². The molecule has 4 rings (SSSR count). The molecule has 130 valence electrons. The summed E-state index contributed by atoms with van der Waals surface area (Å²) in [5.41, 5.74) is 0.618. The third-order valence-electron chi connectivity index (χ3n) is 4.20. The third kappa shape index (κ3) is 3.57. The number of piperidine rings is 1. The average molecular weight is 341 g/mol. The number of urea groups is 1. The maximum absolute atomic E-state index is 12.2. The first-order valence-electron chi connectivity index (χ1n) is 8.32. The maximum atomic E-state index is 12.2. The van der Waals surface area contributed by atoms with E-state index in [9.17, 15) is 4.79 Å². The highest BCUT2D eigenvalue weighted by Gasteiger charge is 2.15. The first-order chi connectivity index (χ1) is 12.3. The van der Waals surface area contributed by atoms with Crippen molar-refractivity contribution in [1.29, 1.82) is 0 Å². The normalized spacial score (nSPS) is 15.8. The lowest BCUT2D eigenvalue weighted by atomic mass is 10.1. The minimum absolute atomic E-state index is 0.200. The van der Waals surface area contributed by atoms with E-state index in [2.05, 4.69) is 25.5 Å². The number of amides is 2. The molecule has 0 unspecified atom stereocenters. The van der Waals surface area contributed by atoms with Gasteiger partial charge in [0.25, 0.3) is 0 Å². The molecular formula is C17H19N5O3. The van der Waals surface area contributed by atoms with Gasteiger partial charge in [-0.1, -0.05) is 0 Å². The van der Waals surface area contributed by atoms with E-state index in [1.807, 2.05) is 0 Å². The number of aromatic nitrogens is 2. The monoisotopic (exact) mass is 341 g/mol. The molecule has 0 atom stereocenters. The fraction of sp³-hybridized carbons (Fsp3) is 0.353. The number of nitrogens with zero attached hydrogens (tertiary/aromatic N) is 3. The Morgan fingerprint density at radius 1 is 1.00 bits per heavy atom. The van der Waals surface area contributed by atoms with E-state index < -0.39 is 0 Å². The lowest BCUT2D eigenvalue weighted by Gasteiger charge is -2.27. The number of ether oxygens (including phenoxy) is 2. The summed E-state index contributed by atoms with van der Waals surface area (Å²) in [6.45, 7) is 2.17. The van der Waals surface area contributed by atoms with Gasteiger partial charge in [-0.05, 0) is 31.4 Å². The smallest absolute Gasteiger partial charge is 0.324 e. The molecule has 0 aliphatic carbocycles. The van der Waals surface area contributed by atoms with Crippen LogP contribution in [-0.2, 0) is 0 Å². The molecule has 0 radical (unpaired) electrons. The molecule has 1 aromatic carbocycles. The van der Waals surface area contributed by atoms with Crippen LogP contribution in [0.4, 0.5) is 22.1 Å². The third-order valence-corrected chi connectivity index (χ3v) is 4.20. The fourth-order valence-electron chi connectivity index (χ4n) is 2.96. The van der Waals surface area contributed by atoms with Crippen LogP contribution in [0.15, 0.2) is 30.6 Å². The van der Waals surface area contributed by atoms with Crippen LogP contribution in [-0.4, -0.2) is 35.9 Å². The summed E-state index contributed by atoms with van der Waals surface area (Å²) in [4.78, 5) is 22.8. The largest absolute Gasteiger partial charge is 0.454 e. The summed E-state index contributed by atoms with van der Waals surface area (Å²) in [6.07, 6.45) is 5.06. The van der Waals surface area contributed by atoms with Gasteiger partial charge >= 0.3 is 6.03 Å². The number of carbonyl (C=O) groups excluding carboxylic acids is 1. The van der Waals surface area contributed by atoms with Crippen molar-refractivity contribution in [3.63, 3.8) is 0 Å². The van der Waals surface area contributed by atoms with Gasteiger partial charge in [0.05, 0.1) is 0 Å². The highest BCUT2D eigenvalue weighted by molar-refractivity contribution is 5.99. The number of benzene rings is 1. The minimum atomic E-state index is -0.373. The van der Waals surface area contributed by atoms with Crippen molar-refractivity contribution < 1.29 is 14.3 Å². The van der Waals surface area contributed by atoms with Gasteiger partial charge in [-0.3, -0.25) is 5.32 Å². The molecule has 1 fully saturated rings. The number of hydrogen-bond donors (Lipinski definition) is 2. The second-order valence-corrected chi connectivity index (χ2v) is 5.96. The van der Waals surface area contributed by atoms with Crippen LogP contribution in [0, 0.1) is 0 Å². The molecule has 25 heavy (non-hydrogen) atoms. The number of nitrogens with one attached hydrogen (secondary N) is 2. The number of fused-ring (bicyclic) bond motifs is 1. The van der Waals surface area contributed by atoms with Gasteiger partial charge in [-0.25, -0.2) is 14.8 Å². The van der Waals surface area contributed by atoms with Gasteiger partial charge in [0.15, 0.2) is 11.5 Å². The molecule has 2 amide bonds. The van der Waals surface area contributed by atoms with Crippen molar-refractivity contribution in [1.82, 2.24) is 9.97 Å². The summed E-state index contributed by atoms with van der Waals surface area (Å²) in [6, 6.07) is 6.66. The zero-order valence-corrected chi connectivity index (χ0v) is 13.7. The quantitative estimate of drug-likeness (QED) is 0.892. The Labute approximate surface area is 145 Å². The van der Waals surface area contributed by atoms with Gasteiger partial charge < -0.3 is 19.7 Å². The maximum Gasteiger partial charge on any atom is 0.324 e. The molecule has 0 bridgehead atoms. The van der Waals surface area contributed by atoms with Crippen LogP contribution in [0.2, 0.25) is 0 Å². The van der Waals surface area contributed by atoms with Crippen LogP contribution in [0.3, 0.4) is 0 Å². The van der Waals surface area contributed by atoms with Crippen molar-refractivity contribution >= 4 is 23.4 Å². The zero-order chi connectivity index (χ0) is 17.1. The Morgan fingerprint density at radius 3 is 2.72 bits per heavy atom. The van der Waals surface area contributed by atoms with Gasteiger partial charge in [0, 0.05) is 30.9 Å². The molecule has 2 N–H and O–H groups in total. The molecule has 2 aliphatic heterocycles. The van der Waals surface area contributed by atoms with Crippen molar-refractivity contribution in [2.75, 3.05) is 35.4 Å². The highest BCUT2D eigenvalue weighted by Crippen LogP contribution is 2.34. The molecule has 2 aliphatic rings. The SMILES string of the molecule is O=C(Nc1ccc2c(c1)OCO2)Nc1cc(N2CCCCC2)ncn1. The van der Waals surface area contributed by atoms with E-state index in [1.165, 1.54) is 12.7 Å². The van der Waals surface area contributed by atoms with E-state index in [0.29, 0.717) is 23.0 Å². The minimum Gasteiger partial charge on any atom is -0.454 e. The van der Waals surface area contributed by atoms with E-state index in [4.69, 9.17) is 9.47 Å². The Morgan fingerprint density at radius 2 is 1.84 bits per heavy atom. The predicted octanol–water partition coefficient (Wildman–Crippen LogP) is 2.84. The number of anilines is 3. The van der Waals surface area contributed by atoms with Crippen molar-refractivity contribution in [3.05, 3.63) is 30.6 Å². The number of hydrogen-bond acceptors (Lipinski definition) is 6. The van der Waals surface area contributed by atoms with Crippen LogP contribution in [0.5, 0.6) is 11.5 Å². The lowest BCUT2D eigenvalue weighted by molar-refractivity contribution is 0.174. The standard InChI is InChI=1S/C17H19N5O3/c23-17(20-12-4-5-13-14(8-12)25-11-24-13)21-15-9-16(19-10-18-15)22-6-2-1-3-7-22/h4-5,8-10H,1-3,6-7,11H2,(H2,18,19,20,21,23). The van der Waals surface area contributed by atoms with Gasteiger partial charge in [0.2, 0.25) is 6.79 Å². The zero-order valence-electron chi connectivity index (χ0n) is 13.7. The first-order valence-corrected chi connectivity index (χ1v) is 8.32. The highest BCUT2D eigenvalue weighted by atomic mass is 16.7. The van der Waals surface area contributed by atoms with Crippen molar-refractivity contribution in [2.45, 2.75) is 19.3 Å². The molecule has 1 aromatic heterocycles. The second-order valence-electron chi connectivity index (χ2n) is 5.96. The van der Waals surface area contributed by atoms with E-state index in [0.717, 1.165) is 31.7 Å². The van der Waals surface area contributed by atoms with Crippen molar-refractivity contribution in [2.24, 2.45) is 0 Å². The van der Waals surface area contributed by atoms with E-state index >= 15 is 0 Å².